The molecule has 2 nitrogen and oxygen atoms in total. The third-order valence-corrected chi connectivity index (χ3v) is 5.80. The third-order valence-electron chi connectivity index (χ3n) is 4.32. The summed E-state index contributed by atoms with van der Waals surface area (Å²) >= 11 is 0. The van der Waals surface area contributed by atoms with Gasteiger partial charge in [-0.2, -0.15) is 13.2 Å². The minimum absolute atomic E-state index is 0.249. The minimum Gasteiger partial charge on any atom is -0.376 e. The second-order valence-corrected chi connectivity index (χ2v) is 7.67. The number of hydrogen-bond donors (Lipinski definition) is 1. The van der Waals surface area contributed by atoms with E-state index < -0.39 is 28.3 Å². The molecule has 0 saturated heterocycles. The van der Waals surface area contributed by atoms with Gasteiger partial charge in [-0.3, -0.25) is 4.21 Å². The van der Waals surface area contributed by atoms with Crippen LogP contribution >= 0.6 is 0 Å². The molecule has 0 heterocycles. The summed E-state index contributed by atoms with van der Waals surface area (Å²) in [5.74, 6) is -0.960. The zero-order valence-corrected chi connectivity index (χ0v) is 14.8. The maximum Gasteiger partial charge on any atom is 0.422 e. The number of hydrogen-bond acceptors (Lipinski definition) is 2. The van der Waals surface area contributed by atoms with Gasteiger partial charge in [0.1, 0.15) is 0 Å². The average molecular weight is 378 g/mol. The van der Waals surface area contributed by atoms with Gasteiger partial charge in [0, 0.05) is 4.90 Å². The van der Waals surface area contributed by atoms with E-state index in [-0.39, 0.29) is 10.5 Å². The van der Waals surface area contributed by atoms with E-state index in [0.29, 0.717) is 5.39 Å². The van der Waals surface area contributed by atoms with Crippen LogP contribution in [0.5, 0.6) is 0 Å². The molecule has 0 aliphatic rings. The Morgan fingerprint density at radius 3 is 2.15 bits per heavy atom. The summed E-state index contributed by atoms with van der Waals surface area (Å²) in [6.45, 7) is 1.83. The lowest BCUT2D eigenvalue weighted by atomic mass is 9.93. The topological polar surface area (TPSA) is 37.3 Å². The Morgan fingerprint density at radius 2 is 1.54 bits per heavy atom. The van der Waals surface area contributed by atoms with Crippen molar-refractivity contribution in [2.75, 3.05) is 5.75 Å². The molecule has 0 aliphatic heterocycles. The van der Waals surface area contributed by atoms with Crippen LogP contribution in [0.4, 0.5) is 13.2 Å². The first-order valence-electron chi connectivity index (χ1n) is 7.94. The third kappa shape index (κ3) is 3.52. The van der Waals surface area contributed by atoms with Gasteiger partial charge in [-0.05, 0) is 41.5 Å². The molecule has 0 aliphatic carbocycles. The molecule has 2 unspecified atom stereocenters. The standard InChI is InChI=1S/C20H17F3O2S/c1-14-6-10-18(11-7-14)26(25)13-19(24,20(21,22)23)17-9-8-15-4-2-3-5-16(15)12-17/h2-12,24H,13H2,1H3. The Kier molecular flexibility index (Phi) is 4.90. The monoisotopic (exact) mass is 378 g/mol. The Bertz CT molecular complexity index is 951. The number of alkyl halides is 3. The van der Waals surface area contributed by atoms with Crippen molar-refractivity contribution >= 4 is 21.6 Å². The number of rotatable bonds is 4. The van der Waals surface area contributed by atoms with Crippen molar-refractivity contribution in [3.8, 4) is 0 Å². The molecule has 0 radical (unpaired) electrons. The van der Waals surface area contributed by atoms with E-state index in [1.807, 2.05) is 6.92 Å². The molecular formula is C20H17F3O2S. The van der Waals surface area contributed by atoms with E-state index in [0.717, 1.165) is 10.9 Å². The summed E-state index contributed by atoms with van der Waals surface area (Å²) in [5.41, 5.74) is -2.61. The van der Waals surface area contributed by atoms with E-state index >= 15 is 0 Å². The van der Waals surface area contributed by atoms with Gasteiger partial charge in [0.25, 0.3) is 0 Å². The molecule has 0 saturated carbocycles. The molecule has 0 bridgehead atoms. The SMILES string of the molecule is Cc1ccc(S(=O)CC(O)(c2ccc3ccccc3c2)C(F)(F)F)cc1. The minimum atomic E-state index is -4.96. The van der Waals surface area contributed by atoms with Crippen LogP contribution in [0.15, 0.2) is 71.6 Å². The second kappa shape index (κ2) is 6.85. The Labute approximate surface area is 151 Å². The predicted octanol–water partition coefficient (Wildman–Crippen LogP) is 4.71. The lowest BCUT2D eigenvalue weighted by molar-refractivity contribution is -0.256. The first-order chi connectivity index (χ1) is 12.2. The summed E-state index contributed by atoms with van der Waals surface area (Å²) in [5, 5.41) is 11.9. The van der Waals surface area contributed by atoms with Crippen LogP contribution in [0.1, 0.15) is 11.1 Å². The van der Waals surface area contributed by atoms with Crippen LogP contribution in [0.25, 0.3) is 10.8 Å². The first kappa shape index (κ1) is 18.6. The lowest BCUT2D eigenvalue weighted by Crippen LogP contribution is -2.46. The average Bonchev–Trinajstić information content (AvgIpc) is 2.60. The quantitative estimate of drug-likeness (QED) is 0.714. The molecule has 2 atom stereocenters. The summed E-state index contributed by atoms with van der Waals surface area (Å²) in [4.78, 5) is 0.249. The van der Waals surface area contributed by atoms with E-state index in [4.69, 9.17) is 0 Å². The smallest absolute Gasteiger partial charge is 0.376 e. The predicted molar refractivity (Wildman–Crippen MR) is 96.4 cm³/mol. The highest BCUT2D eigenvalue weighted by molar-refractivity contribution is 7.85. The van der Waals surface area contributed by atoms with Crippen molar-refractivity contribution < 1.29 is 22.5 Å². The van der Waals surface area contributed by atoms with E-state index in [9.17, 15) is 22.5 Å². The van der Waals surface area contributed by atoms with Crippen LogP contribution < -0.4 is 0 Å². The van der Waals surface area contributed by atoms with Gasteiger partial charge in [-0.1, -0.05) is 54.1 Å². The molecule has 3 aromatic rings. The Morgan fingerprint density at radius 1 is 0.923 bits per heavy atom. The van der Waals surface area contributed by atoms with Gasteiger partial charge in [-0.25, -0.2) is 0 Å². The molecule has 136 valence electrons. The maximum absolute atomic E-state index is 13.7. The first-order valence-corrected chi connectivity index (χ1v) is 9.26. The number of fused-ring (bicyclic) bond motifs is 1. The second-order valence-electron chi connectivity index (χ2n) is 6.22. The van der Waals surface area contributed by atoms with Crippen LogP contribution in [0.3, 0.4) is 0 Å². The van der Waals surface area contributed by atoms with Gasteiger partial charge < -0.3 is 5.11 Å². The van der Waals surface area contributed by atoms with Crippen molar-refractivity contribution in [3.05, 3.63) is 77.9 Å². The molecular weight excluding hydrogens is 361 g/mol. The molecule has 0 fully saturated rings. The summed E-state index contributed by atoms with van der Waals surface area (Å²) in [7, 11) is -2.01. The summed E-state index contributed by atoms with van der Waals surface area (Å²) < 4.78 is 53.7. The fraction of sp³-hybridized carbons (Fsp3) is 0.200. The fourth-order valence-corrected chi connectivity index (χ4v) is 4.05. The van der Waals surface area contributed by atoms with Gasteiger partial charge in [0.2, 0.25) is 0 Å². The normalized spacial score (nSPS) is 15.6. The van der Waals surface area contributed by atoms with Crippen LogP contribution in [-0.2, 0) is 16.4 Å². The van der Waals surface area contributed by atoms with Gasteiger partial charge in [-0.15, -0.1) is 0 Å². The van der Waals surface area contributed by atoms with Gasteiger partial charge >= 0.3 is 6.18 Å². The van der Waals surface area contributed by atoms with Crippen molar-refractivity contribution in [3.63, 3.8) is 0 Å². The van der Waals surface area contributed by atoms with Crippen LogP contribution in [0.2, 0.25) is 0 Å². The zero-order chi connectivity index (χ0) is 18.9. The molecule has 0 spiro atoms. The van der Waals surface area contributed by atoms with E-state index in [2.05, 4.69) is 0 Å². The zero-order valence-electron chi connectivity index (χ0n) is 14.0. The Balaban J connectivity index is 2.02. The number of aliphatic hydroxyl groups is 1. The molecule has 26 heavy (non-hydrogen) atoms. The molecule has 3 rings (SSSR count). The van der Waals surface area contributed by atoms with Gasteiger partial charge in [0.15, 0.2) is 5.60 Å². The molecule has 0 amide bonds. The number of aryl methyl sites for hydroxylation is 1. The van der Waals surface area contributed by atoms with Crippen molar-refractivity contribution in [2.24, 2.45) is 0 Å². The largest absolute Gasteiger partial charge is 0.422 e. The van der Waals surface area contributed by atoms with E-state index in [1.165, 1.54) is 30.3 Å². The van der Waals surface area contributed by atoms with Crippen molar-refractivity contribution in [1.29, 1.82) is 0 Å². The maximum atomic E-state index is 13.7. The highest BCUT2D eigenvalue weighted by Crippen LogP contribution is 2.41. The summed E-state index contributed by atoms with van der Waals surface area (Å²) in [6, 6.07) is 17.4. The van der Waals surface area contributed by atoms with Gasteiger partial charge in [0.05, 0.1) is 16.6 Å². The van der Waals surface area contributed by atoms with Crippen molar-refractivity contribution in [2.45, 2.75) is 23.6 Å². The van der Waals surface area contributed by atoms with Crippen LogP contribution in [-0.4, -0.2) is 21.2 Å². The molecule has 6 heteroatoms. The number of benzene rings is 3. The van der Waals surface area contributed by atoms with Crippen LogP contribution in [0, 0.1) is 6.92 Å². The highest BCUT2D eigenvalue weighted by Gasteiger charge is 2.56. The highest BCUT2D eigenvalue weighted by atomic mass is 32.2. The Hall–Kier alpha value is -2.18. The molecule has 1 N–H and O–H groups in total. The lowest BCUT2D eigenvalue weighted by Gasteiger charge is -2.30. The molecule has 3 aromatic carbocycles. The van der Waals surface area contributed by atoms with Crippen molar-refractivity contribution in [1.82, 2.24) is 0 Å². The number of halogens is 3. The summed E-state index contributed by atoms with van der Waals surface area (Å²) in [6.07, 6.45) is -4.96. The van der Waals surface area contributed by atoms with E-state index in [1.54, 1.807) is 36.4 Å². The fourth-order valence-electron chi connectivity index (χ4n) is 2.74. The molecule has 0 aromatic heterocycles.